The van der Waals surface area contributed by atoms with E-state index in [4.69, 9.17) is 4.74 Å². The van der Waals surface area contributed by atoms with Gasteiger partial charge in [0.05, 0.1) is 12.0 Å². The highest BCUT2D eigenvalue weighted by molar-refractivity contribution is 14.1. The van der Waals surface area contributed by atoms with E-state index < -0.39 is 6.10 Å². The molecule has 1 atom stereocenters. The molecule has 0 aliphatic carbocycles. The van der Waals surface area contributed by atoms with E-state index in [0.29, 0.717) is 11.3 Å². The van der Waals surface area contributed by atoms with E-state index in [-0.39, 0.29) is 7.43 Å². The summed E-state index contributed by atoms with van der Waals surface area (Å²) in [5.74, 6) is 0.699. The Hall–Kier alpha value is -1.66. The quantitative estimate of drug-likeness (QED) is 0.646. The summed E-state index contributed by atoms with van der Waals surface area (Å²) < 4.78 is 6.86. The number of fused-ring (bicyclic) bond motifs is 1. The predicted molar refractivity (Wildman–Crippen MR) is 108 cm³/mol. The molecule has 3 nitrogen and oxygen atoms in total. The number of benzene rings is 1. The number of nitrogens with zero attached hydrogens (tertiary/aromatic N) is 1. The van der Waals surface area contributed by atoms with Gasteiger partial charge in [0.2, 0.25) is 0 Å². The van der Waals surface area contributed by atoms with Crippen LogP contribution in [0.25, 0.3) is 11.6 Å². The van der Waals surface area contributed by atoms with Gasteiger partial charge in [0.1, 0.15) is 11.9 Å². The fraction of sp³-hybridized carbons (Fsp3) is 0.250. The summed E-state index contributed by atoms with van der Waals surface area (Å²) in [5, 5.41) is 10.9. The number of aryl methyl sites for hydroxylation is 1. The molecule has 0 radical (unpaired) electrons. The highest BCUT2D eigenvalue weighted by Crippen LogP contribution is 2.42. The second kappa shape index (κ2) is 7.94. The summed E-state index contributed by atoms with van der Waals surface area (Å²) in [6.07, 6.45) is 7.74. The molecule has 0 bridgehead atoms. The van der Waals surface area contributed by atoms with Gasteiger partial charge in [0, 0.05) is 20.9 Å². The van der Waals surface area contributed by atoms with Gasteiger partial charge in [-0.1, -0.05) is 32.6 Å². The number of allylic oxidation sites excluding steroid dienone is 1. The molecule has 1 N–H and O–H groups in total. The van der Waals surface area contributed by atoms with Crippen molar-refractivity contribution in [2.24, 2.45) is 0 Å². The normalized spacial score (nSPS) is 16.2. The first-order chi connectivity index (χ1) is 11.1. The molecule has 24 heavy (non-hydrogen) atoms. The van der Waals surface area contributed by atoms with Gasteiger partial charge in [-0.05, 0) is 65.3 Å². The molecule has 0 amide bonds. The molecule has 1 aliphatic heterocycles. The van der Waals surface area contributed by atoms with Crippen LogP contribution in [-0.2, 0) is 0 Å². The Balaban J connectivity index is 0.00000208. The first-order valence-electron chi connectivity index (χ1n) is 7.58. The molecule has 1 aromatic heterocycles. The fourth-order valence-electron chi connectivity index (χ4n) is 2.57. The molecule has 0 saturated heterocycles. The molecule has 2 aromatic rings. The third kappa shape index (κ3) is 3.54. The lowest BCUT2D eigenvalue weighted by atomic mass is 9.92. The van der Waals surface area contributed by atoms with E-state index >= 15 is 0 Å². The van der Waals surface area contributed by atoms with Crippen LogP contribution in [0.5, 0.6) is 5.75 Å². The lowest BCUT2D eigenvalue weighted by Gasteiger charge is -2.25. The number of aliphatic hydroxyl groups excluding tert-OH is 1. The van der Waals surface area contributed by atoms with Crippen LogP contribution in [0, 0.1) is 10.5 Å². The van der Waals surface area contributed by atoms with Gasteiger partial charge in [0.25, 0.3) is 0 Å². The maximum Gasteiger partial charge on any atom is 0.133 e. The number of hydrogen-bond donors (Lipinski definition) is 1. The van der Waals surface area contributed by atoms with Crippen LogP contribution in [0.15, 0.2) is 42.8 Å². The molecular formula is C20H22INO2. The molecular weight excluding hydrogens is 413 g/mol. The monoisotopic (exact) mass is 435 g/mol. The number of rotatable bonds is 3. The minimum Gasteiger partial charge on any atom is -0.464 e. The van der Waals surface area contributed by atoms with Crippen molar-refractivity contribution in [3.63, 3.8) is 0 Å². The third-order valence-corrected chi connectivity index (χ3v) is 4.74. The second-order valence-electron chi connectivity index (χ2n) is 5.50. The molecule has 1 aliphatic rings. The van der Waals surface area contributed by atoms with Crippen LogP contribution in [0.4, 0.5) is 0 Å². The average Bonchev–Trinajstić information content (AvgIpc) is 2.55. The minimum absolute atomic E-state index is 0. The lowest BCUT2D eigenvalue weighted by Crippen LogP contribution is -2.12. The Kier molecular flexibility index (Phi) is 6.18. The molecule has 2 heterocycles. The molecule has 1 unspecified atom stereocenters. The van der Waals surface area contributed by atoms with Gasteiger partial charge in [-0.3, -0.25) is 4.98 Å². The van der Waals surface area contributed by atoms with Crippen molar-refractivity contribution in [1.82, 2.24) is 4.98 Å². The first-order valence-corrected chi connectivity index (χ1v) is 8.66. The Morgan fingerprint density at radius 3 is 2.75 bits per heavy atom. The number of hydrogen-bond acceptors (Lipinski definition) is 3. The summed E-state index contributed by atoms with van der Waals surface area (Å²) in [6, 6.07) is 7.80. The zero-order chi connectivity index (χ0) is 16.4. The van der Waals surface area contributed by atoms with Gasteiger partial charge in [-0.2, -0.15) is 0 Å². The van der Waals surface area contributed by atoms with Gasteiger partial charge in [-0.25, -0.2) is 0 Å². The minimum atomic E-state index is -0.750. The molecule has 4 heteroatoms. The van der Waals surface area contributed by atoms with Crippen molar-refractivity contribution in [3.05, 3.63) is 68.8 Å². The molecule has 1 aromatic carbocycles. The van der Waals surface area contributed by atoms with E-state index in [0.717, 1.165) is 32.4 Å². The Morgan fingerprint density at radius 2 is 2.08 bits per heavy atom. The van der Waals surface area contributed by atoms with Crippen LogP contribution in [0.3, 0.4) is 0 Å². The van der Waals surface area contributed by atoms with Gasteiger partial charge >= 0.3 is 0 Å². The number of aromatic nitrogens is 1. The zero-order valence-electron chi connectivity index (χ0n) is 13.1. The van der Waals surface area contributed by atoms with Crippen molar-refractivity contribution in [3.8, 4) is 5.75 Å². The van der Waals surface area contributed by atoms with E-state index in [1.165, 1.54) is 0 Å². The number of aliphatic hydroxyl groups is 1. The highest BCUT2D eigenvalue weighted by Gasteiger charge is 2.27. The van der Waals surface area contributed by atoms with Crippen LogP contribution in [0.2, 0.25) is 0 Å². The van der Waals surface area contributed by atoms with E-state index in [1.807, 2.05) is 31.2 Å². The summed E-state index contributed by atoms with van der Waals surface area (Å²) in [6.45, 7) is 4.08. The van der Waals surface area contributed by atoms with Crippen LogP contribution < -0.4 is 4.74 Å². The first kappa shape index (κ1) is 18.7. The van der Waals surface area contributed by atoms with Crippen LogP contribution in [0.1, 0.15) is 49.3 Å². The highest BCUT2D eigenvalue weighted by atomic mass is 127. The zero-order valence-corrected chi connectivity index (χ0v) is 15.2. The van der Waals surface area contributed by atoms with E-state index in [1.54, 1.807) is 12.5 Å². The maximum atomic E-state index is 10.9. The van der Waals surface area contributed by atoms with Crippen molar-refractivity contribution < 1.29 is 9.84 Å². The molecule has 0 fully saturated rings. The summed E-state index contributed by atoms with van der Waals surface area (Å²) in [5.41, 5.74) is 4.32. The van der Waals surface area contributed by atoms with Crippen LogP contribution in [-0.4, -0.2) is 10.1 Å². The molecule has 3 rings (SSSR count). The average molecular weight is 435 g/mol. The molecule has 0 saturated carbocycles. The standard InChI is InChI=1S/C19H18INO2.CH4/c1-3-4-5-13-15(20)7-9-17-18(13)19(22)14(11-23-17)16-8-6-12(2)10-21-16;/h4-11,19,22H,3H2,1-2H3;1H4/b5-4-;. The van der Waals surface area contributed by atoms with Crippen molar-refractivity contribution in [2.45, 2.75) is 33.8 Å². The number of pyridine rings is 1. The Labute approximate surface area is 157 Å². The van der Waals surface area contributed by atoms with E-state index in [2.05, 4.69) is 46.7 Å². The Morgan fingerprint density at radius 1 is 1.29 bits per heavy atom. The molecule has 0 spiro atoms. The smallest absolute Gasteiger partial charge is 0.133 e. The van der Waals surface area contributed by atoms with Crippen LogP contribution >= 0.6 is 22.6 Å². The van der Waals surface area contributed by atoms with Gasteiger partial charge in [0.15, 0.2) is 0 Å². The van der Waals surface area contributed by atoms with Crippen molar-refractivity contribution in [2.75, 3.05) is 0 Å². The summed E-state index contributed by atoms with van der Waals surface area (Å²) >= 11 is 2.29. The van der Waals surface area contributed by atoms with Gasteiger partial charge < -0.3 is 9.84 Å². The summed E-state index contributed by atoms with van der Waals surface area (Å²) in [7, 11) is 0. The van der Waals surface area contributed by atoms with Crippen molar-refractivity contribution in [1.29, 1.82) is 0 Å². The predicted octanol–water partition coefficient (Wildman–Crippen LogP) is 5.52. The van der Waals surface area contributed by atoms with Gasteiger partial charge in [-0.15, -0.1) is 0 Å². The third-order valence-electron chi connectivity index (χ3n) is 3.80. The second-order valence-corrected chi connectivity index (χ2v) is 6.66. The largest absolute Gasteiger partial charge is 0.464 e. The summed E-state index contributed by atoms with van der Waals surface area (Å²) in [4.78, 5) is 4.41. The lowest BCUT2D eigenvalue weighted by molar-refractivity contribution is 0.223. The number of ether oxygens (including phenoxy) is 1. The Bertz CT molecular complexity index is 779. The van der Waals surface area contributed by atoms with Crippen molar-refractivity contribution >= 4 is 34.2 Å². The fourth-order valence-corrected chi connectivity index (χ4v) is 3.22. The van der Waals surface area contributed by atoms with E-state index in [9.17, 15) is 5.11 Å². The topological polar surface area (TPSA) is 42.4 Å². The molecule has 126 valence electrons. The number of halogens is 1. The maximum absolute atomic E-state index is 10.9. The SMILES string of the molecule is C.CC/C=C\c1c(I)ccc2c1C(O)C(c1ccc(C)cn1)=CO2.